The van der Waals surface area contributed by atoms with Crippen LogP contribution in [0.15, 0.2) is 91.3 Å². The lowest BCUT2D eigenvalue weighted by Crippen LogP contribution is -2.04. The summed E-state index contributed by atoms with van der Waals surface area (Å²) < 4.78 is 0. The molecule has 5 aromatic rings. The van der Waals surface area contributed by atoms with Crippen LogP contribution in [0.5, 0.6) is 0 Å². The first-order chi connectivity index (χ1) is 17.8. The molecule has 2 aromatic heterocycles. The van der Waals surface area contributed by atoms with E-state index in [4.69, 9.17) is 4.98 Å². The molecule has 1 saturated carbocycles. The zero-order valence-electron chi connectivity index (χ0n) is 20.5. The van der Waals surface area contributed by atoms with Gasteiger partial charge in [0.2, 0.25) is 0 Å². The van der Waals surface area contributed by atoms with Gasteiger partial charge in [0.15, 0.2) is 0 Å². The molecule has 0 radical (unpaired) electrons. The van der Waals surface area contributed by atoms with Gasteiger partial charge in [0.25, 0.3) is 0 Å². The number of pyridine rings is 2. The van der Waals surface area contributed by atoms with Gasteiger partial charge < -0.3 is 0 Å². The predicted molar refractivity (Wildman–Crippen MR) is 154 cm³/mol. The van der Waals surface area contributed by atoms with Crippen LogP contribution in [0.2, 0.25) is 0 Å². The second-order valence-electron chi connectivity index (χ2n) is 9.80. The van der Waals surface area contributed by atoms with Gasteiger partial charge in [-0.25, -0.2) is 4.98 Å². The molecule has 2 nitrogen and oxygen atoms in total. The van der Waals surface area contributed by atoms with E-state index >= 15 is 0 Å². The van der Waals surface area contributed by atoms with Crippen molar-refractivity contribution >= 4 is 46.0 Å². The number of hydrogen-bond acceptors (Lipinski definition) is 2. The van der Waals surface area contributed by atoms with Gasteiger partial charge >= 0.3 is 0 Å². The Kier molecular flexibility index (Phi) is 6.41. The zero-order valence-corrected chi connectivity index (χ0v) is 20.5. The van der Waals surface area contributed by atoms with E-state index in [9.17, 15) is 0 Å². The van der Waals surface area contributed by atoms with Crippen LogP contribution in [0.4, 0.5) is 0 Å². The van der Waals surface area contributed by atoms with Crippen LogP contribution in [0, 0.1) is 0 Å². The molecular formula is C34H30N2. The Labute approximate surface area is 213 Å². The van der Waals surface area contributed by atoms with E-state index in [1.54, 1.807) is 0 Å². The minimum atomic E-state index is 0.674. The molecule has 1 fully saturated rings. The van der Waals surface area contributed by atoms with E-state index in [-0.39, 0.29) is 0 Å². The number of rotatable bonds is 5. The number of fused-ring (bicyclic) bond motifs is 2. The van der Waals surface area contributed by atoms with E-state index < -0.39 is 0 Å². The van der Waals surface area contributed by atoms with Gasteiger partial charge in [-0.05, 0) is 94.3 Å². The second kappa shape index (κ2) is 10.3. The van der Waals surface area contributed by atoms with Crippen molar-refractivity contribution in [1.29, 1.82) is 0 Å². The molecule has 1 aliphatic carbocycles. The molecule has 0 amide bonds. The summed E-state index contributed by atoms with van der Waals surface area (Å²) >= 11 is 0. The molecule has 1 aliphatic rings. The van der Waals surface area contributed by atoms with E-state index in [2.05, 4.69) is 96.0 Å². The maximum Gasteiger partial charge on any atom is 0.0715 e. The fourth-order valence-corrected chi connectivity index (χ4v) is 5.36. The van der Waals surface area contributed by atoms with Crippen molar-refractivity contribution in [2.45, 2.75) is 38.0 Å². The van der Waals surface area contributed by atoms with Gasteiger partial charge in [-0.15, -0.1) is 0 Å². The SMILES string of the molecule is C(=Cc1cc(C=Cc2ccc3ccccc3c2)nc2ccc(C3CCCCC3)cc12)c1ccncc1. The maximum atomic E-state index is 5.02. The van der Waals surface area contributed by atoms with Gasteiger partial charge in [-0.1, -0.05) is 80.0 Å². The summed E-state index contributed by atoms with van der Waals surface area (Å²) in [7, 11) is 0. The highest BCUT2D eigenvalue weighted by Crippen LogP contribution is 2.35. The van der Waals surface area contributed by atoms with Crippen LogP contribution in [0.25, 0.3) is 46.0 Å². The third-order valence-corrected chi connectivity index (χ3v) is 7.34. The molecule has 0 atom stereocenters. The molecule has 36 heavy (non-hydrogen) atoms. The lowest BCUT2D eigenvalue weighted by molar-refractivity contribution is 0.444. The molecule has 2 heterocycles. The molecule has 0 bridgehead atoms. The van der Waals surface area contributed by atoms with Crippen molar-refractivity contribution in [3.8, 4) is 0 Å². The Hall–Kier alpha value is -4.04. The van der Waals surface area contributed by atoms with Crippen LogP contribution in [-0.4, -0.2) is 9.97 Å². The fraction of sp³-hybridized carbons (Fsp3) is 0.176. The monoisotopic (exact) mass is 466 g/mol. The molecule has 3 aromatic carbocycles. The summed E-state index contributed by atoms with van der Waals surface area (Å²) in [5, 5.41) is 3.74. The lowest BCUT2D eigenvalue weighted by Gasteiger charge is -2.22. The first-order valence-electron chi connectivity index (χ1n) is 13.0. The summed E-state index contributed by atoms with van der Waals surface area (Å²) in [4.78, 5) is 9.17. The van der Waals surface area contributed by atoms with E-state index in [0.29, 0.717) is 5.92 Å². The van der Waals surface area contributed by atoms with Gasteiger partial charge in [0.1, 0.15) is 0 Å². The van der Waals surface area contributed by atoms with Gasteiger partial charge in [0, 0.05) is 17.8 Å². The number of benzene rings is 3. The summed E-state index contributed by atoms with van der Waals surface area (Å²) in [5.41, 5.74) is 7.00. The average molecular weight is 467 g/mol. The standard InChI is InChI=1S/C34H30N2/c1-2-6-27(7-3-1)30-15-17-34-33(24-30)31(14-10-25-18-20-35-21-19-25)23-32(36-34)16-12-26-11-13-28-8-4-5-9-29(28)22-26/h4-5,8-24,27H,1-3,6-7H2. The Balaban J connectivity index is 1.39. The largest absolute Gasteiger partial charge is 0.265 e. The van der Waals surface area contributed by atoms with Crippen molar-refractivity contribution in [3.63, 3.8) is 0 Å². The predicted octanol–water partition coefficient (Wildman–Crippen LogP) is 9.17. The molecule has 0 saturated heterocycles. The molecule has 2 heteroatoms. The van der Waals surface area contributed by atoms with Gasteiger partial charge in [-0.2, -0.15) is 0 Å². The first-order valence-corrected chi connectivity index (χ1v) is 13.0. The normalized spacial score (nSPS) is 14.9. The Morgan fingerprint density at radius 1 is 0.639 bits per heavy atom. The summed E-state index contributed by atoms with van der Waals surface area (Å²) in [6.45, 7) is 0. The van der Waals surface area contributed by atoms with Crippen LogP contribution in [0.1, 0.15) is 66.0 Å². The minimum absolute atomic E-state index is 0.674. The lowest BCUT2D eigenvalue weighted by atomic mass is 9.83. The second-order valence-corrected chi connectivity index (χ2v) is 9.80. The smallest absolute Gasteiger partial charge is 0.0715 e. The molecular weight excluding hydrogens is 436 g/mol. The van der Waals surface area contributed by atoms with Crippen molar-refractivity contribution in [3.05, 3.63) is 119 Å². The van der Waals surface area contributed by atoms with Crippen LogP contribution < -0.4 is 0 Å². The summed E-state index contributed by atoms with van der Waals surface area (Å²) in [6, 6.07) is 28.2. The number of hydrogen-bond donors (Lipinski definition) is 0. The van der Waals surface area contributed by atoms with E-state index in [1.807, 2.05) is 24.5 Å². The average Bonchev–Trinajstić information content (AvgIpc) is 2.95. The Bertz CT molecular complexity index is 1560. The van der Waals surface area contributed by atoms with E-state index in [0.717, 1.165) is 16.8 Å². The van der Waals surface area contributed by atoms with E-state index in [1.165, 1.54) is 65.0 Å². The number of nitrogens with zero attached hydrogens (tertiary/aromatic N) is 2. The minimum Gasteiger partial charge on any atom is -0.265 e. The maximum absolute atomic E-state index is 5.02. The van der Waals surface area contributed by atoms with Crippen LogP contribution >= 0.6 is 0 Å². The zero-order chi connectivity index (χ0) is 24.2. The molecule has 0 aliphatic heterocycles. The van der Waals surface area contributed by atoms with Gasteiger partial charge in [-0.3, -0.25) is 4.98 Å². The molecule has 0 unspecified atom stereocenters. The third kappa shape index (κ3) is 4.99. The molecule has 176 valence electrons. The van der Waals surface area contributed by atoms with Crippen molar-refractivity contribution in [1.82, 2.24) is 9.97 Å². The summed E-state index contributed by atoms with van der Waals surface area (Å²) in [6.07, 6.45) is 19.0. The third-order valence-electron chi connectivity index (χ3n) is 7.34. The quantitative estimate of drug-likeness (QED) is 0.258. The van der Waals surface area contributed by atoms with Crippen molar-refractivity contribution < 1.29 is 0 Å². The van der Waals surface area contributed by atoms with Crippen molar-refractivity contribution in [2.24, 2.45) is 0 Å². The molecule has 6 rings (SSSR count). The van der Waals surface area contributed by atoms with Crippen LogP contribution in [-0.2, 0) is 0 Å². The molecule has 0 spiro atoms. The first kappa shape index (κ1) is 22.4. The molecule has 0 N–H and O–H groups in total. The summed E-state index contributed by atoms with van der Waals surface area (Å²) in [5.74, 6) is 0.674. The Morgan fingerprint density at radius 2 is 1.44 bits per heavy atom. The number of aromatic nitrogens is 2. The van der Waals surface area contributed by atoms with Crippen molar-refractivity contribution in [2.75, 3.05) is 0 Å². The Morgan fingerprint density at radius 3 is 2.31 bits per heavy atom. The highest BCUT2D eigenvalue weighted by atomic mass is 14.7. The highest BCUT2D eigenvalue weighted by molar-refractivity contribution is 5.93. The van der Waals surface area contributed by atoms with Gasteiger partial charge in [0.05, 0.1) is 11.2 Å². The van der Waals surface area contributed by atoms with Crippen LogP contribution in [0.3, 0.4) is 0 Å². The highest BCUT2D eigenvalue weighted by Gasteiger charge is 2.16. The fourth-order valence-electron chi connectivity index (χ4n) is 5.36. The topological polar surface area (TPSA) is 25.8 Å².